The summed E-state index contributed by atoms with van der Waals surface area (Å²) >= 11 is 0. The Kier molecular flexibility index (Phi) is 6.33. The molecular formula is C22H25N3O6S. The second kappa shape index (κ2) is 9.17. The number of rotatable bonds is 5. The molecular weight excluding hydrogens is 434 g/mol. The van der Waals surface area contributed by atoms with Gasteiger partial charge >= 0.3 is 0 Å². The van der Waals surface area contributed by atoms with Crippen molar-refractivity contribution in [3.8, 4) is 11.5 Å². The first kappa shape index (κ1) is 22.1. The molecule has 9 nitrogen and oxygen atoms in total. The van der Waals surface area contributed by atoms with E-state index in [9.17, 15) is 18.0 Å². The number of anilines is 1. The molecule has 0 saturated carbocycles. The smallest absolute Gasteiger partial charge is 0.251 e. The quantitative estimate of drug-likeness (QED) is 0.706. The van der Waals surface area contributed by atoms with Gasteiger partial charge in [0.25, 0.3) is 5.91 Å². The Morgan fingerprint density at radius 2 is 1.72 bits per heavy atom. The van der Waals surface area contributed by atoms with Gasteiger partial charge < -0.3 is 20.1 Å². The minimum atomic E-state index is -3.70. The van der Waals surface area contributed by atoms with Crippen LogP contribution in [0.25, 0.3) is 0 Å². The fraction of sp³-hybridized carbons (Fsp3) is 0.364. The Hall–Kier alpha value is -3.11. The van der Waals surface area contributed by atoms with Crippen molar-refractivity contribution in [2.24, 2.45) is 5.92 Å². The summed E-state index contributed by atoms with van der Waals surface area (Å²) in [6, 6.07) is 11.3. The van der Waals surface area contributed by atoms with Crippen LogP contribution in [0.15, 0.2) is 47.4 Å². The zero-order valence-corrected chi connectivity index (χ0v) is 18.5. The Balaban J connectivity index is 1.38. The summed E-state index contributed by atoms with van der Waals surface area (Å²) in [6.45, 7) is 1.30. The van der Waals surface area contributed by atoms with Crippen LogP contribution < -0.4 is 20.1 Å². The molecule has 2 N–H and O–H groups in total. The van der Waals surface area contributed by atoms with Crippen LogP contribution in [0.1, 0.15) is 23.2 Å². The molecule has 10 heteroatoms. The van der Waals surface area contributed by atoms with Crippen LogP contribution in [0.3, 0.4) is 0 Å². The second-order valence-electron chi connectivity index (χ2n) is 7.63. The second-order valence-corrected chi connectivity index (χ2v) is 9.57. The van der Waals surface area contributed by atoms with Crippen molar-refractivity contribution >= 4 is 27.5 Å². The molecule has 0 radical (unpaired) electrons. The normalized spacial score (nSPS) is 16.9. The summed E-state index contributed by atoms with van der Waals surface area (Å²) in [5.41, 5.74) is 0.980. The molecule has 2 aromatic rings. The van der Waals surface area contributed by atoms with Gasteiger partial charge in [0.15, 0.2) is 11.5 Å². The van der Waals surface area contributed by atoms with Crippen LogP contribution in [0, 0.1) is 5.92 Å². The summed E-state index contributed by atoms with van der Waals surface area (Å²) in [4.78, 5) is 24.6. The number of nitrogens with zero attached hydrogens (tertiary/aromatic N) is 1. The molecule has 0 aliphatic carbocycles. The van der Waals surface area contributed by atoms with Crippen molar-refractivity contribution in [1.82, 2.24) is 9.62 Å². The molecule has 2 aliphatic rings. The van der Waals surface area contributed by atoms with E-state index in [0.717, 1.165) is 0 Å². The molecule has 2 aliphatic heterocycles. The van der Waals surface area contributed by atoms with Gasteiger partial charge in [-0.3, -0.25) is 9.59 Å². The third kappa shape index (κ3) is 4.56. The van der Waals surface area contributed by atoms with E-state index in [2.05, 4.69) is 10.6 Å². The largest absolute Gasteiger partial charge is 0.486 e. The summed E-state index contributed by atoms with van der Waals surface area (Å²) in [7, 11) is -2.16. The Bertz CT molecular complexity index is 1130. The number of carbonyl (C=O) groups is 2. The van der Waals surface area contributed by atoms with Crippen LogP contribution in [0.5, 0.6) is 11.5 Å². The van der Waals surface area contributed by atoms with Crippen LogP contribution in [0.2, 0.25) is 0 Å². The van der Waals surface area contributed by atoms with Gasteiger partial charge in [0.05, 0.1) is 4.90 Å². The van der Waals surface area contributed by atoms with E-state index < -0.39 is 10.0 Å². The lowest BCUT2D eigenvalue weighted by molar-refractivity contribution is -0.120. The first-order chi connectivity index (χ1) is 15.4. The van der Waals surface area contributed by atoms with Crippen LogP contribution in [-0.2, 0) is 14.8 Å². The van der Waals surface area contributed by atoms with E-state index in [-0.39, 0.29) is 35.7 Å². The van der Waals surface area contributed by atoms with Gasteiger partial charge in [-0.25, -0.2) is 8.42 Å². The first-order valence-corrected chi connectivity index (χ1v) is 11.9. The fourth-order valence-corrected chi connectivity index (χ4v) is 5.30. The van der Waals surface area contributed by atoms with Gasteiger partial charge in [0.2, 0.25) is 15.9 Å². The molecule has 1 saturated heterocycles. The molecule has 170 valence electrons. The van der Waals surface area contributed by atoms with Crippen molar-refractivity contribution in [2.45, 2.75) is 17.7 Å². The van der Waals surface area contributed by atoms with Crippen LogP contribution in [-0.4, -0.2) is 57.9 Å². The summed E-state index contributed by atoms with van der Waals surface area (Å²) < 4.78 is 38.5. The Labute approximate surface area is 186 Å². The van der Waals surface area contributed by atoms with Gasteiger partial charge in [-0.1, -0.05) is 6.07 Å². The molecule has 2 aromatic carbocycles. The number of carbonyl (C=O) groups excluding carboxylic acids is 2. The third-order valence-electron chi connectivity index (χ3n) is 5.60. The average molecular weight is 460 g/mol. The number of sulfonamides is 1. The minimum Gasteiger partial charge on any atom is -0.486 e. The lowest BCUT2D eigenvalue weighted by Gasteiger charge is -2.31. The molecule has 0 bridgehead atoms. The van der Waals surface area contributed by atoms with E-state index in [0.29, 0.717) is 48.8 Å². The van der Waals surface area contributed by atoms with Gasteiger partial charge in [-0.15, -0.1) is 0 Å². The number of piperidine rings is 1. The minimum absolute atomic E-state index is 0.149. The van der Waals surface area contributed by atoms with E-state index in [1.54, 1.807) is 37.4 Å². The molecule has 2 heterocycles. The van der Waals surface area contributed by atoms with Crippen molar-refractivity contribution < 1.29 is 27.5 Å². The average Bonchev–Trinajstić information content (AvgIpc) is 2.83. The third-order valence-corrected chi connectivity index (χ3v) is 7.49. The monoisotopic (exact) mass is 459 g/mol. The molecule has 32 heavy (non-hydrogen) atoms. The van der Waals surface area contributed by atoms with Gasteiger partial charge in [0.1, 0.15) is 13.2 Å². The summed E-state index contributed by atoms with van der Waals surface area (Å²) in [6.07, 6.45) is 0.815. The maximum atomic E-state index is 13.1. The number of amides is 2. The highest BCUT2D eigenvalue weighted by molar-refractivity contribution is 7.89. The van der Waals surface area contributed by atoms with Crippen molar-refractivity contribution in [3.05, 3.63) is 48.0 Å². The van der Waals surface area contributed by atoms with Crippen molar-refractivity contribution in [3.63, 3.8) is 0 Å². The van der Waals surface area contributed by atoms with Gasteiger partial charge in [0, 0.05) is 43.4 Å². The van der Waals surface area contributed by atoms with E-state index in [1.165, 1.54) is 16.4 Å². The van der Waals surface area contributed by atoms with E-state index in [4.69, 9.17) is 9.47 Å². The highest BCUT2D eigenvalue weighted by atomic mass is 32.2. The van der Waals surface area contributed by atoms with Crippen molar-refractivity contribution in [1.29, 1.82) is 0 Å². The predicted molar refractivity (Wildman–Crippen MR) is 117 cm³/mol. The van der Waals surface area contributed by atoms with E-state index in [1.807, 2.05) is 0 Å². The van der Waals surface area contributed by atoms with Gasteiger partial charge in [-0.2, -0.15) is 4.31 Å². The topological polar surface area (TPSA) is 114 Å². The first-order valence-electron chi connectivity index (χ1n) is 10.4. The zero-order valence-electron chi connectivity index (χ0n) is 17.7. The lowest BCUT2D eigenvalue weighted by Crippen LogP contribution is -2.41. The molecule has 0 aromatic heterocycles. The summed E-state index contributed by atoms with van der Waals surface area (Å²) in [5, 5.41) is 5.38. The number of fused-ring (bicyclic) bond motifs is 1. The van der Waals surface area contributed by atoms with Crippen molar-refractivity contribution in [2.75, 3.05) is 38.7 Å². The highest BCUT2D eigenvalue weighted by Gasteiger charge is 2.33. The highest BCUT2D eigenvalue weighted by Crippen LogP contribution is 2.34. The Morgan fingerprint density at radius 3 is 2.44 bits per heavy atom. The predicted octanol–water partition coefficient (Wildman–Crippen LogP) is 1.86. The van der Waals surface area contributed by atoms with Crippen LogP contribution >= 0.6 is 0 Å². The maximum Gasteiger partial charge on any atom is 0.251 e. The molecule has 0 unspecified atom stereocenters. The lowest BCUT2D eigenvalue weighted by atomic mass is 9.97. The SMILES string of the molecule is CNC(=O)c1cccc(NC(=O)C2CCN(S(=O)(=O)c3ccc4c(c3)OCCO4)CC2)c1. The van der Waals surface area contributed by atoms with E-state index >= 15 is 0 Å². The molecule has 0 atom stereocenters. The molecule has 2 amide bonds. The number of benzene rings is 2. The zero-order chi connectivity index (χ0) is 22.7. The number of nitrogens with one attached hydrogen (secondary N) is 2. The number of hydrogen-bond acceptors (Lipinski definition) is 6. The Morgan fingerprint density at radius 1 is 1.00 bits per heavy atom. The molecule has 0 spiro atoms. The molecule has 4 rings (SSSR count). The standard InChI is InChI=1S/C22H25N3O6S/c1-23-21(26)16-3-2-4-17(13-16)24-22(27)15-7-9-25(10-8-15)32(28,29)18-5-6-19-20(14-18)31-12-11-30-19/h2-6,13-15H,7-12H2,1H3,(H,23,26)(H,24,27). The maximum absolute atomic E-state index is 13.1. The van der Waals surface area contributed by atoms with Gasteiger partial charge in [-0.05, 0) is 43.2 Å². The fourth-order valence-electron chi connectivity index (χ4n) is 3.82. The molecule has 1 fully saturated rings. The number of ether oxygens (including phenoxy) is 2. The summed E-state index contributed by atoms with van der Waals surface area (Å²) in [5.74, 6) is 0.219. The van der Waals surface area contributed by atoms with Crippen LogP contribution in [0.4, 0.5) is 5.69 Å². The number of hydrogen-bond donors (Lipinski definition) is 2.